The maximum absolute atomic E-state index is 4.74. The summed E-state index contributed by atoms with van der Waals surface area (Å²) in [5, 5.41) is 0. The molecule has 0 radical (unpaired) electrons. The predicted octanol–water partition coefficient (Wildman–Crippen LogP) is 4.13. The molecule has 2 heterocycles. The summed E-state index contributed by atoms with van der Waals surface area (Å²) in [5.74, 6) is 1.14. The molecule has 22 heavy (non-hydrogen) atoms. The van der Waals surface area contributed by atoms with Crippen molar-refractivity contribution in [2.45, 2.75) is 58.9 Å². The van der Waals surface area contributed by atoms with Gasteiger partial charge in [0.1, 0.15) is 5.82 Å². The number of fused-ring (bicyclic) bond motifs is 1. The second-order valence-corrected chi connectivity index (χ2v) is 7.67. The lowest BCUT2D eigenvalue weighted by atomic mass is 9.87. The Morgan fingerprint density at radius 1 is 1.09 bits per heavy atom. The van der Waals surface area contributed by atoms with Crippen molar-refractivity contribution >= 4 is 11.0 Å². The first-order valence-electron chi connectivity index (χ1n) is 8.65. The zero-order valence-corrected chi connectivity index (χ0v) is 14.5. The van der Waals surface area contributed by atoms with Crippen molar-refractivity contribution in [3.63, 3.8) is 0 Å². The molecule has 0 bridgehead atoms. The average Bonchev–Trinajstić information content (AvgIpc) is 3.06. The molecule has 2 aromatic rings. The normalized spacial score (nSPS) is 16.7. The third kappa shape index (κ3) is 3.19. The van der Waals surface area contributed by atoms with Crippen molar-refractivity contribution in [2.75, 3.05) is 19.6 Å². The highest BCUT2D eigenvalue weighted by Crippen LogP contribution is 2.26. The van der Waals surface area contributed by atoms with E-state index in [0.29, 0.717) is 0 Å². The third-order valence-corrected chi connectivity index (χ3v) is 4.86. The molecule has 1 saturated heterocycles. The molecule has 1 aromatic carbocycles. The topological polar surface area (TPSA) is 21.1 Å². The lowest BCUT2D eigenvalue weighted by molar-refractivity contribution is 0.325. The quantitative estimate of drug-likeness (QED) is 0.846. The number of aromatic nitrogens is 2. The zero-order valence-electron chi connectivity index (χ0n) is 14.5. The van der Waals surface area contributed by atoms with Crippen LogP contribution in [-0.2, 0) is 12.0 Å². The summed E-state index contributed by atoms with van der Waals surface area (Å²) in [4.78, 5) is 7.33. The van der Waals surface area contributed by atoms with Crippen LogP contribution < -0.4 is 0 Å². The molecule has 120 valence electrons. The molecule has 0 atom stereocenters. The third-order valence-electron chi connectivity index (χ3n) is 4.86. The lowest BCUT2D eigenvalue weighted by Gasteiger charge is -2.19. The summed E-state index contributed by atoms with van der Waals surface area (Å²) in [7, 11) is 0. The highest BCUT2D eigenvalue weighted by molar-refractivity contribution is 5.77. The number of hydrogen-bond acceptors (Lipinski definition) is 2. The summed E-state index contributed by atoms with van der Waals surface area (Å²) in [6, 6.07) is 6.74. The fourth-order valence-electron chi connectivity index (χ4n) is 3.45. The zero-order chi connectivity index (χ0) is 15.7. The molecule has 1 aromatic heterocycles. The maximum atomic E-state index is 4.74. The van der Waals surface area contributed by atoms with Gasteiger partial charge in [-0.25, -0.2) is 4.98 Å². The first-order valence-corrected chi connectivity index (χ1v) is 8.65. The lowest BCUT2D eigenvalue weighted by Crippen LogP contribution is -2.21. The Bertz CT molecular complexity index is 642. The molecule has 0 spiro atoms. The summed E-state index contributed by atoms with van der Waals surface area (Å²) in [6.07, 6.45) is 3.97. The minimum atomic E-state index is 0.187. The molecule has 1 aliphatic heterocycles. The van der Waals surface area contributed by atoms with Gasteiger partial charge >= 0.3 is 0 Å². The van der Waals surface area contributed by atoms with Crippen molar-refractivity contribution < 1.29 is 0 Å². The van der Waals surface area contributed by atoms with Gasteiger partial charge < -0.3 is 9.47 Å². The smallest absolute Gasteiger partial charge is 0.106 e. The minimum absolute atomic E-state index is 0.187. The van der Waals surface area contributed by atoms with Crippen LogP contribution in [0.15, 0.2) is 18.2 Å². The summed E-state index contributed by atoms with van der Waals surface area (Å²) < 4.78 is 2.40. The number of rotatable bonds is 4. The summed E-state index contributed by atoms with van der Waals surface area (Å²) >= 11 is 0. The Morgan fingerprint density at radius 3 is 2.50 bits per heavy atom. The minimum Gasteiger partial charge on any atom is -0.328 e. The van der Waals surface area contributed by atoms with Crippen molar-refractivity contribution in [1.82, 2.24) is 14.5 Å². The summed E-state index contributed by atoms with van der Waals surface area (Å²) in [6.45, 7) is 13.8. The largest absolute Gasteiger partial charge is 0.328 e. The van der Waals surface area contributed by atoms with Gasteiger partial charge in [-0.05, 0) is 68.9 Å². The Hall–Kier alpha value is -1.35. The highest BCUT2D eigenvalue weighted by atomic mass is 15.1. The highest BCUT2D eigenvalue weighted by Gasteiger charge is 2.16. The first-order chi connectivity index (χ1) is 10.4. The van der Waals surface area contributed by atoms with Gasteiger partial charge in [0, 0.05) is 6.54 Å². The van der Waals surface area contributed by atoms with Crippen LogP contribution in [0, 0.1) is 6.92 Å². The van der Waals surface area contributed by atoms with Crippen molar-refractivity contribution in [2.24, 2.45) is 0 Å². The number of nitrogens with zero attached hydrogens (tertiary/aromatic N) is 3. The molecule has 1 fully saturated rings. The number of benzene rings is 1. The maximum Gasteiger partial charge on any atom is 0.106 e. The predicted molar refractivity (Wildman–Crippen MR) is 93.5 cm³/mol. The SMILES string of the molecule is Cc1nc2ccc(C(C)(C)C)cc2n1CCCN1CCCC1. The molecular formula is C19H29N3. The molecule has 0 amide bonds. The van der Waals surface area contributed by atoms with Gasteiger partial charge in [-0.1, -0.05) is 26.8 Å². The van der Waals surface area contributed by atoms with E-state index in [1.807, 2.05) is 0 Å². The molecule has 1 aliphatic rings. The summed E-state index contributed by atoms with van der Waals surface area (Å²) in [5.41, 5.74) is 4.01. The van der Waals surface area contributed by atoms with Gasteiger partial charge in [-0.15, -0.1) is 0 Å². The van der Waals surface area contributed by atoms with E-state index < -0.39 is 0 Å². The van der Waals surface area contributed by atoms with E-state index in [1.54, 1.807) is 0 Å². The van der Waals surface area contributed by atoms with Crippen LogP contribution in [-0.4, -0.2) is 34.1 Å². The van der Waals surface area contributed by atoms with E-state index in [-0.39, 0.29) is 5.41 Å². The van der Waals surface area contributed by atoms with Gasteiger partial charge in [0.25, 0.3) is 0 Å². The van der Waals surface area contributed by atoms with Crippen LogP contribution in [0.1, 0.15) is 51.4 Å². The Labute approximate surface area is 134 Å². The number of likely N-dealkylation sites (tertiary alicyclic amines) is 1. The molecule has 0 unspecified atom stereocenters. The molecule has 3 rings (SSSR count). The second-order valence-electron chi connectivity index (χ2n) is 7.67. The van der Waals surface area contributed by atoms with Gasteiger partial charge in [0.05, 0.1) is 11.0 Å². The van der Waals surface area contributed by atoms with Crippen LogP contribution in [0.5, 0.6) is 0 Å². The van der Waals surface area contributed by atoms with Crippen LogP contribution in [0.4, 0.5) is 0 Å². The number of aryl methyl sites for hydroxylation is 2. The Balaban J connectivity index is 1.79. The van der Waals surface area contributed by atoms with E-state index in [9.17, 15) is 0 Å². The van der Waals surface area contributed by atoms with Crippen molar-refractivity contribution in [1.29, 1.82) is 0 Å². The van der Waals surface area contributed by atoms with Crippen molar-refractivity contribution in [3.8, 4) is 0 Å². The van der Waals surface area contributed by atoms with Crippen LogP contribution in [0.2, 0.25) is 0 Å². The van der Waals surface area contributed by atoms with Crippen molar-refractivity contribution in [3.05, 3.63) is 29.6 Å². The van der Waals surface area contributed by atoms with Gasteiger partial charge in [-0.3, -0.25) is 0 Å². The van der Waals surface area contributed by atoms with E-state index in [4.69, 9.17) is 4.98 Å². The van der Waals surface area contributed by atoms with Gasteiger partial charge in [0.2, 0.25) is 0 Å². The molecule has 0 N–H and O–H groups in total. The van der Waals surface area contributed by atoms with Gasteiger partial charge in [0.15, 0.2) is 0 Å². The molecule has 3 heteroatoms. The second kappa shape index (κ2) is 6.04. The Kier molecular flexibility index (Phi) is 4.26. The van der Waals surface area contributed by atoms with E-state index in [0.717, 1.165) is 17.9 Å². The molecule has 0 aliphatic carbocycles. The van der Waals surface area contributed by atoms with E-state index in [1.165, 1.54) is 50.0 Å². The molecular weight excluding hydrogens is 270 g/mol. The van der Waals surface area contributed by atoms with Crippen LogP contribution in [0.3, 0.4) is 0 Å². The van der Waals surface area contributed by atoms with E-state index >= 15 is 0 Å². The average molecular weight is 299 g/mol. The number of hydrogen-bond donors (Lipinski definition) is 0. The van der Waals surface area contributed by atoms with Crippen LogP contribution >= 0.6 is 0 Å². The first kappa shape index (κ1) is 15.5. The fraction of sp³-hybridized carbons (Fsp3) is 0.632. The standard InChI is InChI=1S/C19H29N3/c1-15-20-17-9-8-16(19(2,3)4)14-18(17)22(15)13-7-12-21-10-5-6-11-21/h8-9,14H,5-7,10-13H2,1-4H3. The van der Waals surface area contributed by atoms with Crippen LogP contribution in [0.25, 0.3) is 11.0 Å². The molecule has 3 nitrogen and oxygen atoms in total. The number of imidazole rings is 1. The fourth-order valence-corrected chi connectivity index (χ4v) is 3.45. The van der Waals surface area contributed by atoms with Gasteiger partial charge in [-0.2, -0.15) is 0 Å². The molecule has 0 saturated carbocycles. The monoisotopic (exact) mass is 299 g/mol. The Morgan fingerprint density at radius 2 is 1.82 bits per heavy atom. The van der Waals surface area contributed by atoms with E-state index in [2.05, 4.69) is 55.4 Å².